The van der Waals surface area contributed by atoms with Gasteiger partial charge in [0.2, 0.25) is 0 Å². The first kappa shape index (κ1) is 15.4. The van der Waals surface area contributed by atoms with Gasteiger partial charge in [-0.2, -0.15) is 0 Å². The van der Waals surface area contributed by atoms with Gasteiger partial charge in [-0.25, -0.2) is 0 Å². The highest BCUT2D eigenvalue weighted by Gasteiger charge is 2.17. The number of piperidine rings is 1. The van der Waals surface area contributed by atoms with Crippen molar-refractivity contribution in [2.24, 2.45) is 0 Å². The van der Waals surface area contributed by atoms with Crippen LogP contribution in [-0.4, -0.2) is 30.1 Å². The molecule has 1 aromatic rings. The molecule has 1 saturated heterocycles. The average Bonchev–Trinajstić information content (AvgIpc) is 2.48. The van der Waals surface area contributed by atoms with Gasteiger partial charge in [0.15, 0.2) is 0 Å². The van der Waals surface area contributed by atoms with E-state index in [-0.39, 0.29) is 0 Å². The van der Waals surface area contributed by atoms with Crippen LogP contribution in [0.25, 0.3) is 0 Å². The lowest BCUT2D eigenvalue weighted by Crippen LogP contribution is -2.37. The molecular formula is C18H29NO. The number of ether oxygens (including phenoxy) is 1. The Kier molecular flexibility index (Phi) is 5.90. The van der Waals surface area contributed by atoms with Crippen molar-refractivity contribution in [3.05, 3.63) is 29.8 Å². The zero-order valence-electron chi connectivity index (χ0n) is 13.3. The fraction of sp³-hybridized carbons (Fsp3) is 0.667. The van der Waals surface area contributed by atoms with Crippen molar-refractivity contribution in [2.75, 3.05) is 13.1 Å². The second-order valence-corrected chi connectivity index (χ2v) is 6.22. The van der Waals surface area contributed by atoms with Crippen LogP contribution in [0.4, 0.5) is 0 Å². The van der Waals surface area contributed by atoms with Crippen LogP contribution in [0.1, 0.15) is 51.5 Å². The topological polar surface area (TPSA) is 12.5 Å². The van der Waals surface area contributed by atoms with Gasteiger partial charge in [0.25, 0.3) is 0 Å². The molecule has 0 spiro atoms. The Morgan fingerprint density at radius 1 is 1.05 bits per heavy atom. The highest BCUT2D eigenvalue weighted by molar-refractivity contribution is 5.31. The second-order valence-electron chi connectivity index (χ2n) is 6.22. The van der Waals surface area contributed by atoms with E-state index in [9.17, 15) is 0 Å². The third-order valence-corrected chi connectivity index (χ3v) is 4.43. The average molecular weight is 275 g/mol. The Morgan fingerprint density at radius 2 is 1.75 bits per heavy atom. The Morgan fingerprint density at radius 3 is 2.45 bits per heavy atom. The number of hydrogen-bond donors (Lipinski definition) is 0. The highest BCUT2D eigenvalue weighted by Crippen LogP contribution is 2.21. The Bertz CT molecular complexity index is 398. The predicted molar refractivity (Wildman–Crippen MR) is 85.4 cm³/mol. The summed E-state index contributed by atoms with van der Waals surface area (Å²) in [6.45, 7) is 9.24. The quantitative estimate of drug-likeness (QED) is 0.762. The first-order valence-corrected chi connectivity index (χ1v) is 8.13. The van der Waals surface area contributed by atoms with Crippen molar-refractivity contribution in [1.29, 1.82) is 0 Å². The molecule has 1 heterocycles. The second kappa shape index (κ2) is 7.68. The molecule has 0 amide bonds. The molecule has 1 aliphatic rings. The van der Waals surface area contributed by atoms with Crippen LogP contribution >= 0.6 is 0 Å². The van der Waals surface area contributed by atoms with Gasteiger partial charge in [0, 0.05) is 6.04 Å². The molecule has 0 radical (unpaired) electrons. The normalized spacial score (nSPS) is 19.6. The molecular weight excluding hydrogens is 246 g/mol. The maximum atomic E-state index is 6.06. The lowest BCUT2D eigenvalue weighted by molar-refractivity contribution is 0.142. The van der Waals surface area contributed by atoms with E-state index in [1.165, 1.54) is 44.3 Å². The molecule has 0 aromatic heterocycles. The number of benzene rings is 1. The maximum absolute atomic E-state index is 6.06. The fourth-order valence-electron chi connectivity index (χ4n) is 2.98. The molecule has 0 bridgehead atoms. The zero-order valence-corrected chi connectivity index (χ0v) is 13.3. The maximum Gasteiger partial charge on any atom is 0.122 e. The largest absolute Gasteiger partial charge is 0.490 e. The molecule has 2 rings (SSSR count). The molecule has 112 valence electrons. The molecule has 0 unspecified atom stereocenters. The van der Waals surface area contributed by atoms with Gasteiger partial charge in [-0.3, -0.25) is 0 Å². The van der Waals surface area contributed by atoms with E-state index in [0.717, 1.165) is 12.2 Å². The van der Waals surface area contributed by atoms with Gasteiger partial charge in [0.05, 0.1) is 6.10 Å². The van der Waals surface area contributed by atoms with E-state index in [1.807, 2.05) is 6.07 Å². The number of rotatable bonds is 6. The summed E-state index contributed by atoms with van der Waals surface area (Å²) in [5.74, 6) is 1.03. The lowest BCUT2D eigenvalue weighted by Gasteiger charge is -2.33. The number of para-hydroxylation sites is 1. The van der Waals surface area contributed by atoms with Crippen LogP contribution in [-0.2, 0) is 0 Å². The van der Waals surface area contributed by atoms with Crippen molar-refractivity contribution in [2.45, 2.75) is 65.0 Å². The van der Waals surface area contributed by atoms with Crippen LogP contribution in [0.5, 0.6) is 5.75 Å². The summed E-state index contributed by atoms with van der Waals surface area (Å²) in [5.41, 5.74) is 1.23. The van der Waals surface area contributed by atoms with Gasteiger partial charge < -0.3 is 9.64 Å². The third-order valence-electron chi connectivity index (χ3n) is 4.43. The number of hydrogen-bond acceptors (Lipinski definition) is 2. The minimum atomic E-state index is 0.295. The summed E-state index contributed by atoms with van der Waals surface area (Å²) in [4.78, 5) is 2.64. The monoisotopic (exact) mass is 275 g/mol. The number of aryl methyl sites for hydroxylation is 1. The van der Waals surface area contributed by atoms with Crippen LogP contribution in [0.3, 0.4) is 0 Å². The highest BCUT2D eigenvalue weighted by atomic mass is 16.5. The summed E-state index contributed by atoms with van der Waals surface area (Å²) in [7, 11) is 0. The number of nitrogens with zero attached hydrogens (tertiary/aromatic N) is 1. The minimum Gasteiger partial charge on any atom is -0.490 e. The Hall–Kier alpha value is -1.02. The smallest absolute Gasteiger partial charge is 0.122 e. The predicted octanol–water partition coefficient (Wildman–Crippen LogP) is 4.42. The SMILES string of the molecule is Cc1ccccc1O[C@H](C)CC[C@H](C)N1CCCCC1. The third kappa shape index (κ3) is 4.52. The van der Waals surface area contributed by atoms with Crippen molar-refractivity contribution >= 4 is 0 Å². The van der Waals surface area contributed by atoms with E-state index in [4.69, 9.17) is 4.74 Å². The molecule has 1 aliphatic heterocycles. The molecule has 0 saturated carbocycles. The summed E-state index contributed by atoms with van der Waals surface area (Å²) in [5, 5.41) is 0. The van der Waals surface area contributed by atoms with E-state index in [1.54, 1.807) is 0 Å². The molecule has 2 heteroatoms. The van der Waals surface area contributed by atoms with E-state index < -0.39 is 0 Å². The first-order chi connectivity index (χ1) is 9.66. The molecule has 2 nitrogen and oxygen atoms in total. The van der Waals surface area contributed by atoms with Crippen molar-refractivity contribution < 1.29 is 4.74 Å². The van der Waals surface area contributed by atoms with Gasteiger partial charge >= 0.3 is 0 Å². The molecule has 2 atom stereocenters. The zero-order chi connectivity index (χ0) is 14.4. The summed E-state index contributed by atoms with van der Waals surface area (Å²) < 4.78 is 6.06. The van der Waals surface area contributed by atoms with Gasteiger partial charge in [-0.1, -0.05) is 24.6 Å². The van der Waals surface area contributed by atoms with Crippen LogP contribution < -0.4 is 4.74 Å². The van der Waals surface area contributed by atoms with Crippen LogP contribution in [0.15, 0.2) is 24.3 Å². The fourth-order valence-corrected chi connectivity index (χ4v) is 2.98. The summed E-state index contributed by atoms with van der Waals surface area (Å²) in [6, 6.07) is 8.98. The van der Waals surface area contributed by atoms with Gasteiger partial charge in [0.1, 0.15) is 5.75 Å². The first-order valence-electron chi connectivity index (χ1n) is 8.13. The molecule has 0 N–H and O–H groups in total. The minimum absolute atomic E-state index is 0.295. The van der Waals surface area contributed by atoms with Crippen molar-refractivity contribution in [3.8, 4) is 5.75 Å². The summed E-state index contributed by atoms with van der Waals surface area (Å²) in [6.07, 6.45) is 6.82. The van der Waals surface area contributed by atoms with Gasteiger partial charge in [-0.15, -0.1) is 0 Å². The van der Waals surface area contributed by atoms with E-state index in [2.05, 4.69) is 43.9 Å². The standard InChI is InChI=1S/C18H29NO/c1-15-9-5-6-10-18(15)20-17(3)12-11-16(2)19-13-7-4-8-14-19/h5-6,9-10,16-17H,4,7-8,11-14H2,1-3H3/t16-,17+/m0/s1. The van der Waals surface area contributed by atoms with Crippen molar-refractivity contribution in [3.63, 3.8) is 0 Å². The molecule has 20 heavy (non-hydrogen) atoms. The van der Waals surface area contributed by atoms with Crippen LogP contribution in [0.2, 0.25) is 0 Å². The molecule has 1 fully saturated rings. The Labute approximate surface area is 124 Å². The molecule has 1 aromatic carbocycles. The number of likely N-dealkylation sites (tertiary alicyclic amines) is 1. The van der Waals surface area contributed by atoms with E-state index in [0.29, 0.717) is 12.1 Å². The van der Waals surface area contributed by atoms with Crippen LogP contribution in [0, 0.1) is 6.92 Å². The lowest BCUT2D eigenvalue weighted by atomic mass is 10.0. The molecule has 0 aliphatic carbocycles. The van der Waals surface area contributed by atoms with Crippen molar-refractivity contribution in [1.82, 2.24) is 4.90 Å². The Balaban J connectivity index is 1.74. The van der Waals surface area contributed by atoms with E-state index >= 15 is 0 Å². The van der Waals surface area contributed by atoms with Gasteiger partial charge in [-0.05, 0) is 71.2 Å². The summed E-state index contributed by atoms with van der Waals surface area (Å²) >= 11 is 0.